The number of hydrogen-bond acceptors (Lipinski definition) is 3. The fraction of sp³-hybridized carbons (Fsp3) is 0.250. The maximum Gasteiger partial charge on any atom is 0.214 e. The van der Waals surface area contributed by atoms with E-state index in [1.807, 2.05) is 43.3 Å². The number of halogens is 1. The fourth-order valence-electron chi connectivity index (χ4n) is 2.33. The zero-order chi connectivity index (χ0) is 15.4. The number of aryl methyl sites for hydroxylation is 1. The van der Waals surface area contributed by atoms with Crippen LogP contribution in [0.4, 0.5) is 0 Å². The Balaban J connectivity index is 2.49. The Morgan fingerprint density at radius 1 is 1.24 bits per heavy atom. The summed E-state index contributed by atoms with van der Waals surface area (Å²) in [7, 11) is 0. The molecule has 0 aliphatic rings. The van der Waals surface area contributed by atoms with Crippen molar-refractivity contribution in [2.45, 2.75) is 19.3 Å². The zero-order valence-electron chi connectivity index (χ0n) is 11.6. The van der Waals surface area contributed by atoms with E-state index in [0.717, 1.165) is 22.0 Å². The third-order valence-electron chi connectivity index (χ3n) is 3.48. The van der Waals surface area contributed by atoms with Crippen molar-refractivity contribution in [2.24, 2.45) is 0 Å². The minimum absolute atomic E-state index is 0.0990. The van der Waals surface area contributed by atoms with Crippen LogP contribution in [-0.2, 0) is 6.42 Å². The van der Waals surface area contributed by atoms with Gasteiger partial charge in [-0.1, -0.05) is 47.1 Å². The molecular formula is C16H16BrNO3. The number of nitro groups is 1. The van der Waals surface area contributed by atoms with Crippen molar-refractivity contribution >= 4 is 15.9 Å². The highest BCUT2D eigenvalue weighted by molar-refractivity contribution is 9.10. The Kier molecular flexibility index (Phi) is 4.96. The van der Waals surface area contributed by atoms with E-state index in [-0.39, 0.29) is 17.2 Å². The van der Waals surface area contributed by atoms with Crippen molar-refractivity contribution in [3.05, 3.63) is 73.7 Å². The summed E-state index contributed by atoms with van der Waals surface area (Å²) in [6.45, 7) is 1.76. The van der Waals surface area contributed by atoms with Crippen LogP contribution in [0.25, 0.3) is 0 Å². The molecule has 21 heavy (non-hydrogen) atoms. The molecule has 2 aromatic carbocycles. The van der Waals surface area contributed by atoms with E-state index >= 15 is 0 Å². The quantitative estimate of drug-likeness (QED) is 0.652. The van der Waals surface area contributed by atoms with E-state index in [0.29, 0.717) is 5.56 Å². The molecule has 2 rings (SSSR count). The molecule has 0 aromatic heterocycles. The van der Waals surface area contributed by atoms with E-state index in [9.17, 15) is 15.2 Å². The number of benzene rings is 2. The third-order valence-corrected chi connectivity index (χ3v) is 4.01. The minimum atomic E-state index is -0.459. The highest BCUT2D eigenvalue weighted by Crippen LogP contribution is 2.33. The molecule has 0 aliphatic carbocycles. The zero-order valence-corrected chi connectivity index (χ0v) is 13.2. The molecule has 4 nitrogen and oxygen atoms in total. The highest BCUT2D eigenvalue weighted by Gasteiger charge is 2.23. The van der Waals surface area contributed by atoms with Crippen molar-refractivity contribution < 1.29 is 10.0 Å². The van der Waals surface area contributed by atoms with Crippen LogP contribution in [0.5, 0.6) is 5.75 Å². The van der Waals surface area contributed by atoms with Crippen LogP contribution in [0.2, 0.25) is 0 Å². The molecule has 1 atom stereocenters. The molecule has 110 valence electrons. The number of hydrogen-bond donors (Lipinski definition) is 1. The number of aromatic hydroxyl groups is 1. The average molecular weight is 350 g/mol. The Morgan fingerprint density at radius 2 is 1.90 bits per heavy atom. The second-order valence-electron chi connectivity index (χ2n) is 4.87. The summed E-state index contributed by atoms with van der Waals surface area (Å²) < 4.78 is 0.914. The summed E-state index contributed by atoms with van der Waals surface area (Å²) in [6, 6.07) is 12.7. The number of nitrogens with zero attached hydrogens (tertiary/aromatic N) is 1. The number of phenolic OH excluding ortho intramolecular Hbond substituents is 1. The Hall–Kier alpha value is -1.88. The molecule has 0 spiro atoms. The summed E-state index contributed by atoms with van der Waals surface area (Å²) in [5.74, 6) is -0.360. The maximum atomic E-state index is 11.0. The molecular weight excluding hydrogens is 334 g/mol. The van der Waals surface area contributed by atoms with Gasteiger partial charge in [0, 0.05) is 15.0 Å². The Morgan fingerprint density at radius 3 is 2.48 bits per heavy atom. The maximum absolute atomic E-state index is 11.0. The Labute approximate surface area is 131 Å². The lowest BCUT2D eigenvalue weighted by Crippen LogP contribution is -2.14. The molecule has 0 radical (unpaired) electrons. The molecule has 0 heterocycles. The topological polar surface area (TPSA) is 63.4 Å². The number of phenols is 1. The first kappa shape index (κ1) is 15.5. The lowest BCUT2D eigenvalue weighted by Gasteiger charge is -2.16. The van der Waals surface area contributed by atoms with Crippen molar-refractivity contribution in [2.75, 3.05) is 6.54 Å². The van der Waals surface area contributed by atoms with Gasteiger partial charge in [-0.2, -0.15) is 0 Å². The summed E-state index contributed by atoms with van der Waals surface area (Å²) in [5.41, 5.74) is 2.47. The largest absolute Gasteiger partial charge is 0.508 e. The Bertz CT molecular complexity index is 640. The van der Waals surface area contributed by atoms with Gasteiger partial charge in [-0.05, 0) is 35.7 Å². The highest BCUT2D eigenvalue weighted by atomic mass is 79.9. The summed E-state index contributed by atoms with van der Waals surface area (Å²) in [4.78, 5) is 10.7. The van der Waals surface area contributed by atoms with Gasteiger partial charge in [0.1, 0.15) is 5.75 Å². The molecule has 0 saturated carbocycles. The first-order valence-electron chi connectivity index (χ1n) is 6.70. The van der Waals surface area contributed by atoms with E-state index in [2.05, 4.69) is 15.9 Å². The summed E-state index contributed by atoms with van der Waals surface area (Å²) >= 11 is 3.36. The number of rotatable bonds is 5. The van der Waals surface area contributed by atoms with Crippen molar-refractivity contribution in [3.63, 3.8) is 0 Å². The van der Waals surface area contributed by atoms with Gasteiger partial charge >= 0.3 is 0 Å². The molecule has 0 fully saturated rings. The third kappa shape index (κ3) is 3.82. The van der Waals surface area contributed by atoms with E-state index in [1.165, 1.54) is 0 Å². The molecule has 0 amide bonds. The first-order chi connectivity index (χ1) is 10.0. The van der Waals surface area contributed by atoms with Crippen LogP contribution in [0.15, 0.2) is 46.9 Å². The second kappa shape index (κ2) is 6.72. The van der Waals surface area contributed by atoms with Gasteiger partial charge in [0.25, 0.3) is 0 Å². The SMILES string of the molecule is CCc1ccc(O)c([C@@H](C[N+](=O)[O-])c2ccc(Br)cc2)c1. The van der Waals surface area contributed by atoms with Crippen LogP contribution in [0.3, 0.4) is 0 Å². The predicted octanol–water partition coefficient (Wildman–Crippen LogP) is 4.13. The van der Waals surface area contributed by atoms with Gasteiger partial charge in [-0.15, -0.1) is 0 Å². The van der Waals surface area contributed by atoms with E-state index in [4.69, 9.17) is 0 Å². The van der Waals surface area contributed by atoms with E-state index < -0.39 is 5.92 Å². The van der Waals surface area contributed by atoms with Crippen molar-refractivity contribution in [1.82, 2.24) is 0 Å². The van der Waals surface area contributed by atoms with Crippen LogP contribution in [-0.4, -0.2) is 16.6 Å². The molecule has 0 aliphatic heterocycles. The van der Waals surface area contributed by atoms with Crippen molar-refractivity contribution in [3.8, 4) is 5.75 Å². The smallest absolute Gasteiger partial charge is 0.214 e. The summed E-state index contributed by atoms with van der Waals surface area (Å²) in [6.07, 6.45) is 0.818. The lowest BCUT2D eigenvalue weighted by atomic mass is 9.89. The second-order valence-corrected chi connectivity index (χ2v) is 5.78. The first-order valence-corrected chi connectivity index (χ1v) is 7.49. The van der Waals surface area contributed by atoms with Crippen LogP contribution in [0, 0.1) is 10.1 Å². The van der Waals surface area contributed by atoms with Gasteiger partial charge in [-0.25, -0.2) is 0 Å². The molecule has 2 aromatic rings. The molecule has 0 bridgehead atoms. The van der Waals surface area contributed by atoms with Crippen LogP contribution >= 0.6 is 15.9 Å². The molecule has 1 N–H and O–H groups in total. The van der Waals surface area contributed by atoms with Crippen LogP contribution in [0.1, 0.15) is 29.5 Å². The van der Waals surface area contributed by atoms with Gasteiger partial charge in [0.15, 0.2) is 0 Å². The standard InChI is InChI=1S/C16H16BrNO3/c1-2-11-3-8-16(19)14(9-11)15(10-18(20)21)12-4-6-13(17)7-5-12/h3-9,15,19H,2,10H2,1H3/t15-/m0/s1. The van der Waals surface area contributed by atoms with Gasteiger partial charge in [-0.3, -0.25) is 10.1 Å². The minimum Gasteiger partial charge on any atom is -0.508 e. The van der Waals surface area contributed by atoms with Gasteiger partial charge in [0.2, 0.25) is 6.54 Å². The predicted molar refractivity (Wildman–Crippen MR) is 85.3 cm³/mol. The normalized spacial score (nSPS) is 12.1. The molecule has 0 saturated heterocycles. The molecule has 0 unspecified atom stereocenters. The molecule has 5 heteroatoms. The van der Waals surface area contributed by atoms with Crippen LogP contribution < -0.4 is 0 Å². The average Bonchev–Trinajstić information content (AvgIpc) is 2.46. The van der Waals surface area contributed by atoms with Crippen molar-refractivity contribution in [1.29, 1.82) is 0 Å². The fourth-order valence-corrected chi connectivity index (χ4v) is 2.59. The van der Waals surface area contributed by atoms with Gasteiger partial charge < -0.3 is 5.11 Å². The summed E-state index contributed by atoms with van der Waals surface area (Å²) in [5, 5.41) is 21.1. The van der Waals surface area contributed by atoms with Gasteiger partial charge in [0.05, 0.1) is 5.92 Å². The monoisotopic (exact) mass is 349 g/mol. The lowest BCUT2D eigenvalue weighted by molar-refractivity contribution is -0.481. The van der Waals surface area contributed by atoms with E-state index in [1.54, 1.807) is 6.07 Å².